The quantitative estimate of drug-likeness (QED) is 0.121. The summed E-state index contributed by atoms with van der Waals surface area (Å²) in [6.07, 6.45) is 3.30. The van der Waals surface area contributed by atoms with Crippen LogP contribution in [0.4, 0.5) is 0 Å². The van der Waals surface area contributed by atoms with E-state index in [0.29, 0.717) is 66.2 Å². The van der Waals surface area contributed by atoms with Crippen molar-refractivity contribution in [2.45, 2.75) is 33.1 Å². The van der Waals surface area contributed by atoms with Crippen molar-refractivity contribution < 1.29 is 38.1 Å². The maximum absolute atomic E-state index is 12.0. The van der Waals surface area contributed by atoms with Crippen LogP contribution in [0.3, 0.4) is 0 Å². The van der Waals surface area contributed by atoms with Gasteiger partial charge in [0.2, 0.25) is 0 Å². The summed E-state index contributed by atoms with van der Waals surface area (Å²) in [5.41, 5.74) is 7.37. The van der Waals surface area contributed by atoms with Gasteiger partial charge < -0.3 is 18.9 Å². The van der Waals surface area contributed by atoms with Crippen molar-refractivity contribution in [1.29, 1.82) is 0 Å². The number of carbonyl (C=O) groups excluding carboxylic acids is 4. The van der Waals surface area contributed by atoms with Crippen molar-refractivity contribution >= 4 is 24.5 Å². The highest BCUT2D eigenvalue weighted by Gasteiger charge is 2.14. The second-order valence-electron chi connectivity index (χ2n) is 10.6. The number of hydrogen-bond acceptors (Lipinski definition) is 8. The van der Waals surface area contributed by atoms with Gasteiger partial charge in [0.15, 0.2) is 12.6 Å². The minimum Gasteiger partial charge on any atom is -0.492 e. The second-order valence-corrected chi connectivity index (χ2v) is 10.6. The largest absolute Gasteiger partial charge is 0.492 e. The standard InChI is InChI=1S/C37H36O8/c1-24-17-28(20-32(22-38)34(24)44-15-13-26-5-9-30(10-6-26)36(40)42-3)19-29-18-25(2)35(33(21-29)23-39)45-16-14-27-7-11-31(12-8-27)37(41)43-4/h5-12,17-18,20-23H,13-16,19H2,1-4H3. The summed E-state index contributed by atoms with van der Waals surface area (Å²) in [4.78, 5) is 47.3. The summed E-state index contributed by atoms with van der Waals surface area (Å²) >= 11 is 0. The Morgan fingerprint density at radius 3 is 1.29 bits per heavy atom. The number of esters is 2. The van der Waals surface area contributed by atoms with Gasteiger partial charge in [-0.2, -0.15) is 0 Å². The molecule has 0 spiro atoms. The average molecular weight is 609 g/mol. The molecule has 45 heavy (non-hydrogen) atoms. The number of aldehydes is 2. The Morgan fingerprint density at radius 2 is 0.956 bits per heavy atom. The van der Waals surface area contributed by atoms with Crippen molar-refractivity contribution in [3.63, 3.8) is 0 Å². The van der Waals surface area contributed by atoms with E-state index < -0.39 is 0 Å². The molecule has 0 bridgehead atoms. The molecule has 0 heterocycles. The predicted molar refractivity (Wildman–Crippen MR) is 170 cm³/mol. The molecule has 8 heteroatoms. The van der Waals surface area contributed by atoms with Crippen molar-refractivity contribution in [2.75, 3.05) is 27.4 Å². The van der Waals surface area contributed by atoms with Gasteiger partial charge in [0.05, 0.1) is 49.7 Å². The second kappa shape index (κ2) is 15.5. The highest BCUT2D eigenvalue weighted by Crippen LogP contribution is 2.29. The third-order valence-electron chi connectivity index (χ3n) is 7.41. The molecular weight excluding hydrogens is 572 g/mol. The molecule has 8 nitrogen and oxygen atoms in total. The Balaban J connectivity index is 1.39. The highest BCUT2D eigenvalue weighted by atomic mass is 16.5. The molecule has 0 saturated carbocycles. The number of carbonyl (C=O) groups is 4. The van der Waals surface area contributed by atoms with E-state index in [1.165, 1.54) is 14.2 Å². The number of ether oxygens (including phenoxy) is 4. The lowest BCUT2D eigenvalue weighted by Crippen LogP contribution is -2.07. The smallest absolute Gasteiger partial charge is 0.337 e. The van der Waals surface area contributed by atoms with E-state index in [4.69, 9.17) is 18.9 Å². The zero-order chi connectivity index (χ0) is 32.3. The summed E-state index contributed by atoms with van der Waals surface area (Å²) in [6, 6.07) is 21.8. The Labute approximate surface area is 262 Å². The summed E-state index contributed by atoms with van der Waals surface area (Å²) in [6.45, 7) is 4.53. The molecule has 0 N–H and O–H groups in total. The van der Waals surface area contributed by atoms with E-state index in [9.17, 15) is 19.2 Å². The van der Waals surface area contributed by atoms with Gasteiger partial charge in [-0.3, -0.25) is 9.59 Å². The molecule has 0 aliphatic carbocycles. The van der Waals surface area contributed by atoms with Crippen LogP contribution in [-0.4, -0.2) is 51.9 Å². The van der Waals surface area contributed by atoms with Gasteiger partial charge in [0.25, 0.3) is 0 Å². The summed E-state index contributed by atoms with van der Waals surface area (Å²) in [7, 11) is 2.69. The first-order valence-electron chi connectivity index (χ1n) is 14.5. The average Bonchev–Trinajstić information content (AvgIpc) is 3.06. The molecule has 0 aliphatic rings. The number of aryl methyl sites for hydroxylation is 2. The predicted octanol–water partition coefficient (Wildman–Crippen LogP) is 6.34. The van der Waals surface area contributed by atoms with Gasteiger partial charge >= 0.3 is 11.9 Å². The van der Waals surface area contributed by atoms with Crippen LogP contribution < -0.4 is 9.47 Å². The number of methoxy groups -OCH3 is 2. The Hall–Kier alpha value is -5.24. The monoisotopic (exact) mass is 608 g/mol. The van der Waals surface area contributed by atoms with Gasteiger partial charge in [0, 0.05) is 12.8 Å². The molecule has 0 aliphatic heterocycles. The fraction of sp³-hybridized carbons (Fsp3) is 0.243. The Bertz CT molecular complexity index is 1550. The molecule has 0 saturated heterocycles. The van der Waals surface area contributed by atoms with Crippen LogP contribution in [0.2, 0.25) is 0 Å². The highest BCUT2D eigenvalue weighted by molar-refractivity contribution is 5.89. The summed E-state index contributed by atoms with van der Waals surface area (Å²) in [5.74, 6) is 0.300. The van der Waals surface area contributed by atoms with E-state index >= 15 is 0 Å². The van der Waals surface area contributed by atoms with E-state index in [1.54, 1.807) is 24.3 Å². The SMILES string of the molecule is COC(=O)c1ccc(CCOc2c(C)cc(Cc3cc(C)c(OCCc4ccc(C(=O)OC)cc4)c(C=O)c3)cc2C=O)cc1. The van der Waals surface area contributed by atoms with Gasteiger partial charge in [0.1, 0.15) is 11.5 Å². The third kappa shape index (κ3) is 8.44. The van der Waals surface area contributed by atoms with E-state index in [-0.39, 0.29) is 11.9 Å². The first-order chi connectivity index (χ1) is 21.8. The van der Waals surface area contributed by atoms with E-state index in [1.807, 2.05) is 62.4 Å². The number of hydrogen-bond donors (Lipinski definition) is 0. The van der Waals surface area contributed by atoms with Gasteiger partial charge in [-0.15, -0.1) is 0 Å². The van der Waals surface area contributed by atoms with Crippen LogP contribution in [-0.2, 0) is 28.7 Å². The van der Waals surface area contributed by atoms with Crippen LogP contribution >= 0.6 is 0 Å². The van der Waals surface area contributed by atoms with Gasteiger partial charge in [-0.05, 0) is 90.0 Å². The van der Waals surface area contributed by atoms with Gasteiger partial charge in [-0.1, -0.05) is 36.4 Å². The molecule has 4 aromatic rings. The molecule has 0 amide bonds. The maximum Gasteiger partial charge on any atom is 0.337 e. The number of benzene rings is 4. The van der Waals surface area contributed by atoms with Crippen molar-refractivity contribution in [2.24, 2.45) is 0 Å². The molecule has 4 aromatic carbocycles. The van der Waals surface area contributed by atoms with Crippen LogP contribution in [0.5, 0.6) is 11.5 Å². The third-order valence-corrected chi connectivity index (χ3v) is 7.41. The van der Waals surface area contributed by atoms with Crippen LogP contribution in [0.15, 0.2) is 72.8 Å². The van der Waals surface area contributed by atoms with Crippen molar-refractivity contribution in [3.8, 4) is 11.5 Å². The Morgan fingerprint density at radius 1 is 0.578 bits per heavy atom. The van der Waals surface area contributed by atoms with Crippen LogP contribution in [0, 0.1) is 13.8 Å². The lowest BCUT2D eigenvalue weighted by molar-refractivity contribution is 0.0592. The maximum atomic E-state index is 12.0. The molecule has 0 unspecified atom stereocenters. The van der Waals surface area contributed by atoms with Gasteiger partial charge in [-0.25, -0.2) is 9.59 Å². The first kappa shape index (κ1) is 32.7. The lowest BCUT2D eigenvalue weighted by atomic mass is 9.96. The van der Waals surface area contributed by atoms with Crippen molar-refractivity contribution in [3.05, 3.63) is 128 Å². The zero-order valence-corrected chi connectivity index (χ0v) is 25.9. The first-order valence-corrected chi connectivity index (χ1v) is 14.5. The molecule has 4 rings (SSSR count). The molecular formula is C37H36O8. The molecule has 0 fully saturated rings. The normalized spacial score (nSPS) is 10.6. The van der Waals surface area contributed by atoms with Crippen molar-refractivity contribution in [1.82, 2.24) is 0 Å². The minimum atomic E-state index is -0.386. The minimum absolute atomic E-state index is 0.362. The number of rotatable bonds is 14. The molecule has 0 atom stereocenters. The summed E-state index contributed by atoms with van der Waals surface area (Å²) < 4.78 is 21.5. The molecule has 232 valence electrons. The summed E-state index contributed by atoms with van der Waals surface area (Å²) in [5, 5.41) is 0. The lowest BCUT2D eigenvalue weighted by Gasteiger charge is -2.16. The van der Waals surface area contributed by atoms with E-state index in [2.05, 4.69) is 0 Å². The van der Waals surface area contributed by atoms with Crippen LogP contribution in [0.1, 0.15) is 74.8 Å². The zero-order valence-electron chi connectivity index (χ0n) is 25.9. The van der Waals surface area contributed by atoms with E-state index in [0.717, 1.165) is 46.0 Å². The fourth-order valence-corrected chi connectivity index (χ4v) is 5.16. The molecule has 0 aromatic heterocycles. The topological polar surface area (TPSA) is 105 Å². The fourth-order valence-electron chi connectivity index (χ4n) is 5.16. The molecule has 0 radical (unpaired) electrons. The van der Waals surface area contributed by atoms with Crippen LogP contribution in [0.25, 0.3) is 0 Å². The Kier molecular flexibility index (Phi) is 11.2.